The van der Waals surface area contributed by atoms with Crippen LogP contribution in [0.15, 0.2) is 0 Å². The Hall–Kier alpha value is -0.120. The van der Waals surface area contributed by atoms with Gasteiger partial charge in [-0.15, -0.1) is 0 Å². The van der Waals surface area contributed by atoms with Crippen LogP contribution in [0.3, 0.4) is 0 Å². The standard InChI is InChI=1S/C8H17N3/c1-6(2)11-8-5-9-3-7(8)4-10-11/h6-10H,3-5H2,1-2H3. The van der Waals surface area contributed by atoms with Gasteiger partial charge in [-0.05, 0) is 13.8 Å². The van der Waals surface area contributed by atoms with Crippen molar-refractivity contribution in [3.05, 3.63) is 0 Å². The SMILES string of the molecule is CC(C)N1NCC2CNCC21. The molecule has 0 aromatic rings. The fourth-order valence-electron chi connectivity index (χ4n) is 2.16. The summed E-state index contributed by atoms with van der Waals surface area (Å²) in [5, 5.41) is 5.82. The summed E-state index contributed by atoms with van der Waals surface area (Å²) in [6, 6.07) is 1.37. The number of hydrogen-bond donors (Lipinski definition) is 2. The predicted octanol–water partition coefficient (Wildman–Crippen LogP) is -0.197. The Balaban J connectivity index is 2.03. The Kier molecular flexibility index (Phi) is 1.87. The van der Waals surface area contributed by atoms with E-state index in [4.69, 9.17) is 0 Å². The van der Waals surface area contributed by atoms with Gasteiger partial charge >= 0.3 is 0 Å². The molecule has 0 spiro atoms. The highest BCUT2D eigenvalue weighted by Gasteiger charge is 2.38. The number of nitrogens with one attached hydrogen (secondary N) is 2. The van der Waals surface area contributed by atoms with Crippen molar-refractivity contribution in [2.75, 3.05) is 19.6 Å². The first-order valence-electron chi connectivity index (χ1n) is 4.51. The molecule has 0 aromatic heterocycles. The zero-order chi connectivity index (χ0) is 7.84. The first kappa shape index (κ1) is 7.53. The molecule has 2 aliphatic heterocycles. The van der Waals surface area contributed by atoms with Crippen LogP contribution >= 0.6 is 0 Å². The minimum atomic E-state index is 0.630. The summed E-state index contributed by atoms with van der Waals surface area (Å²) in [5.74, 6) is 0.845. The van der Waals surface area contributed by atoms with Gasteiger partial charge in [0.2, 0.25) is 0 Å². The summed E-state index contributed by atoms with van der Waals surface area (Å²) >= 11 is 0. The molecule has 0 amide bonds. The van der Waals surface area contributed by atoms with E-state index in [1.165, 1.54) is 6.54 Å². The summed E-state index contributed by atoms with van der Waals surface area (Å²) in [6.07, 6.45) is 0. The summed E-state index contributed by atoms with van der Waals surface area (Å²) in [5.41, 5.74) is 3.45. The second kappa shape index (κ2) is 2.73. The molecule has 3 heteroatoms. The molecule has 0 aliphatic carbocycles. The minimum absolute atomic E-state index is 0.630. The van der Waals surface area contributed by atoms with Gasteiger partial charge in [0.15, 0.2) is 0 Å². The molecule has 2 fully saturated rings. The lowest BCUT2D eigenvalue weighted by Crippen LogP contribution is -2.44. The number of hydrogen-bond acceptors (Lipinski definition) is 3. The van der Waals surface area contributed by atoms with E-state index in [-0.39, 0.29) is 0 Å². The normalized spacial score (nSPS) is 38.5. The molecular formula is C8H17N3. The van der Waals surface area contributed by atoms with Crippen molar-refractivity contribution in [1.29, 1.82) is 0 Å². The van der Waals surface area contributed by atoms with Gasteiger partial charge in [0.25, 0.3) is 0 Å². The van der Waals surface area contributed by atoms with Crippen LogP contribution in [0.25, 0.3) is 0 Å². The molecule has 0 bridgehead atoms. The van der Waals surface area contributed by atoms with Crippen LogP contribution in [0.2, 0.25) is 0 Å². The lowest BCUT2D eigenvalue weighted by atomic mass is 10.1. The van der Waals surface area contributed by atoms with Crippen molar-refractivity contribution in [3.63, 3.8) is 0 Å². The van der Waals surface area contributed by atoms with Crippen LogP contribution < -0.4 is 10.7 Å². The van der Waals surface area contributed by atoms with Crippen LogP contribution in [0.5, 0.6) is 0 Å². The van der Waals surface area contributed by atoms with Crippen LogP contribution in [-0.4, -0.2) is 36.7 Å². The maximum Gasteiger partial charge on any atom is 0.0424 e. The molecule has 2 atom stereocenters. The molecule has 0 aromatic carbocycles. The number of rotatable bonds is 1. The summed E-state index contributed by atoms with van der Waals surface area (Å²) in [7, 11) is 0. The highest BCUT2D eigenvalue weighted by atomic mass is 15.6. The second-order valence-corrected chi connectivity index (χ2v) is 3.85. The van der Waals surface area contributed by atoms with Crippen molar-refractivity contribution in [2.24, 2.45) is 5.92 Å². The van der Waals surface area contributed by atoms with Crippen LogP contribution in [0.4, 0.5) is 0 Å². The predicted molar refractivity (Wildman–Crippen MR) is 45.1 cm³/mol. The van der Waals surface area contributed by atoms with Crippen LogP contribution in [-0.2, 0) is 0 Å². The van der Waals surface area contributed by atoms with Gasteiger partial charge in [-0.3, -0.25) is 5.43 Å². The van der Waals surface area contributed by atoms with Gasteiger partial charge in [0.05, 0.1) is 0 Å². The van der Waals surface area contributed by atoms with Crippen molar-refractivity contribution in [3.8, 4) is 0 Å². The van der Waals surface area contributed by atoms with E-state index < -0.39 is 0 Å². The van der Waals surface area contributed by atoms with E-state index in [0.29, 0.717) is 6.04 Å². The molecule has 64 valence electrons. The molecule has 2 aliphatic rings. The molecule has 3 nitrogen and oxygen atoms in total. The van der Waals surface area contributed by atoms with Gasteiger partial charge in [-0.2, -0.15) is 0 Å². The third-order valence-corrected chi connectivity index (χ3v) is 2.75. The van der Waals surface area contributed by atoms with Gasteiger partial charge in [-0.25, -0.2) is 5.01 Å². The van der Waals surface area contributed by atoms with E-state index in [9.17, 15) is 0 Å². The molecule has 0 saturated carbocycles. The highest BCUT2D eigenvalue weighted by molar-refractivity contribution is 4.93. The monoisotopic (exact) mass is 155 g/mol. The summed E-state index contributed by atoms with van der Waals surface area (Å²) in [6.45, 7) is 8.01. The number of fused-ring (bicyclic) bond motifs is 1. The topological polar surface area (TPSA) is 27.3 Å². The first-order valence-corrected chi connectivity index (χ1v) is 4.51. The second-order valence-electron chi connectivity index (χ2n) is 3.85. The molecule has 2 unspecified atom stereocenters. The highest BCUT2D eigenvalue weighted by Crippen LogP contribution is 2.21. The molecule has 11 heavy (non-hydrogen) atoms. The minimum Gasteiger partial charge on any atom is -0.315 e. The summed E-state index contributed by atoms with van der Waals surface area (Å²) in [4.78, 5) is 0. The lowest BCUT2D eigenvalue weighted by molar-refractivity contribution is 0.143. The van der Waals surface area contributed by atoms with Crippen molar-refractivity contribution < 1.29 is 0 Å². The van der Waals surface area contributed by atoms with E-state index >= 15 is 0 Å². The Bertz CT molecular complexity index is 146. The zero-order valence-corrected chi connectivity index (χ0v) is 7.30. The molecule has 2 heterocycles. The average molecular weight is 155 g/mol. The summed E-state index contributed by atoms with van der Waals surface area (Å²) < 4.78 is 0. The number of nitrogens with zero attached hydrogens (tertiary/aromatic N) is 1. The van der Waals surface area contributed by atoms with Gasteiger partial charge in [0.1, 0.15) is 0 Å². The molecule has 0 radical (unpaired) electrons. The van der Waals surface area contributed by atoms with Crippen molar-refractivity contribution in [2.45, 2.75) is 25.9 Å². The first-order chi connectivity index (χ1) is 5.29. The van der Waals surface area contributed by atoms with E-state index in [0.717, 1.165) is 25.0 Å². The zero-order valence-electron chi connectivity index (χ0n) is 7.30. The smallest absolute Gasteiger partial charge is 0.0424 e. The van der Waals surface area contributed by atoms with Crippen LogP contribution in [0.1, 0.15) is 13.8 Å². The Morgan fingerprint density at radius 3 is 2.82 bits per heavy atom. The average Bonchev–Trinajstić information content (AvgIpc) is 2.41. The Labute approximate surface area is 68.1 Å². The molecule has 2 saturated heterocycles. The Morgan fingerprint density at radius 2 is 2.09 bits per heavy atom. The van der Waals surface area contributed by atoms with E-state index in [2.05, 4.69) is 29.6 Å². The van der Waals surface area contributed by atoms with E-state index in [1.807, 2.05) is 0 Å². The van der Waals surface area contributed by atoms with Gasteiger partial charge in [-0.1, -0.05) is 0 Å². The van der Waals surface area contributed by atoms with Gasteiger partial charge in [0, 0.05) is 37.6 Å². The fraction of sp³-hybridized carbons (Fsp3) is 1.00. The quantitative estimate of drug-likeness (QED) is 0.549. The van der Waals surface area contributed by atoms with E-state index in [1.54, 1.807) is 0 Å². The van der Waals surface area contributed by atoms with Crippen molar-refractivity contribution in [1.82, 2.24) is 15.8 Å². The third-order valence-electron chi connectivity index (χ3n) is 2.75. The lowest BCUT2D eigenvalue weighted by Gasteiger charge is -2.26. The Morgan fingerprint density at radius 1 is 1.27 bits per heavy atom. The third kappa shape index (κ3) is 1.17. The van der Waals surface area contributed by atoms with Crippen molar-refractivity contribution >= 4 is 0 Å². The largest absolute Gasteiger partial charge is 0.315 e. The molecule has 2 N–H and O–H groups in total. The maximum absolute atomic E-state index is 3.45. The fourth-order valence-corrected chi connectivity index (χ4v) is 2.16. The molecular weight excluding hydrogens is 138 g/mol. The maximum atomic E-state index is 3.45. The number of hydrazine groups is 1. The van der Waals surface area contributed by atoms with Gasteiger partial charge < -0.3 is 5.32 Å². The van der Waals surface area contributed by atoms with Crippen LogP contribution in [0, 0.1) is 5.92 Å². The molecule has 2 rings (SSSR count).